The predicted molar refractivity (Wildman–Crippen MR) is 81.0 cm³/mol. The van der Waals surface area contributed by atoms with Crippen molar-refractivity contribution in [2.24, 2.45) is 11.3 Å². The molecule has 0 aliphatic carbocycles. The molecule has 0 aliphatic rings. The van der Waals surface area contributed by atoms with Gasteiger partial charge in [-0.25, -0.2) is 4.68 Å². The Labute approximate surface area is 120 Å². The summed E-state index contributed by atoms with van der Waals surface area (Å²) in [6.07, 6.45) is 0. The van der Waals surface area contributed by atoms with Crippen molar-refractivity contribution in [3.8, 4) is 11.4 Å². The Morgan fingerprint density at radius 2 is 2.00 bits per heavy atom. The third kappa shape index (κ3) is 2.81. The average molecular weight is 273 g/mol. The maximum Gasteiger partial charge on any atom is 0.184 e. The highest BCUT2D eigenvalue weighted by Crippen LogP contribution is 2.31. The van der Waals surface area contributed by atoms with Crippen molar-refractivity contribution in [3.63, 3.8) is 0 Å². The van der Waals surface area contributed by atoms with Gasteiger partial charge >= 0.3 is 0 Å². The molecule has 5 nitrogen and oxygen atoms in total. The molecular formula is C15H23N5. The van der Waals surface area contributed by atoms with Crippen molar-refractivity contribution in [3.05, 3.63) is 23.8 Å². The molecule has 0 amide bonds. The first kappa shape index (κ1) is 14.5. The second-order valence-electron chi connectivity index (χ2n) is 6.39. The highest BCUT2D eigenvalue weighted by molar-refractivity contribution is 5.72. The van der Waals surface area contributed by atoms with E-state index in [0.717, 1.165) is 23.5 Å². The third-order valence-electron chi connectivity index (χ3n) is 4.10. The number of aryl methyl sites for hydroxylation is 1. The minimum atomic E-state index is 0.114. The fourth-order valence-electron chi connectivity index (χ4n) is 1.94. The number of hydrogen-bond acceptors (Lipinski definition) is 4. The molecule has 0 aliphatic heterocycles. The first-order valence-electron chi connectivity index (χ1n) is 6.94. The van der Waals surface area contributed by atoms with E-state index in [1.54, 1.807) is 0 Å². The van der Waals surface area contributed by atoms with Gasteiger partial charge in [0.1, 0.15) is 0 Å². The SMILES string of the molecule is Cc1ccc(N)c(-c2nnnn2CC(C)(C)C(C)C)c1. The Balaban J connectivity index is 2.41. The molecule has 20 heavy (non-hydrogen) atoms. The Bertz CT molecular complexity index is 598. The van der Waals surface area contributed by atoms with E-state index in [2.05, 4.69) is 43.2 Å². The zero-order valence-electron chi connectivity index (χ0n) is 12.9. The summed E-state index contributed by atoms with van der Waals surface area (Å²) in [4.78, 5) is 0. The average Bonchev–Trinajstić information content (AvgIpc) is 2.79. The van der Waals surface area contributed by atoms with Gasteiger partial charge in [0.05, 0.1) is 6.54 Å². The van der Waals surface area contributed by atoms with Gasteiger partial charge in [-0.2, -0.15) is 0 Å². The van der Waals surface area contributed by atoms with Crippen LogP contribution >= 0.6 is 0 Å². The molecule has 2 aromatic rings. The van der Waals surface area contributed by atoms with Crippen LogP contribution in [0.1, 0.15) is 33.3 Å². The third-order valence-corrected chi connectivity index (χ3v) is 4.10. The first-order chi connectivity index (χ1) is 9.31. The minimum absolute atomic E-state index is 0.114. The number of tetrazole rings is 1. The summed E-state index contributed by atoms with van der Waals surface area (Å²) < 4.78 is 1.85. The summed E-state index contributed by atoms with van der Waals surface area (Å²) in [6.45, 7) is 11.7. The van der Waals surface area contributed by atoms with Crippen LogP contribution in [0.2, 0.25) is 0 Å². The molecule has 0 radical (unpaired) electrons. The van der Waals surface area contributed by atoms with Crippen molar-refractivity contribution in [2.75, 3.05) is 5.73 Å². The van der Waals surface area contributed by atoms with Crippen LogP contribution in [0.5, 0.6) is 0 Å². The summed E-state index contributed by atoms with van der Waals surface area (Å²) in [7, 11) is 0. The van der Waals surface area contributed by atoms with Gasteiger partial charge in [-0.3, -0.25) is 0 Å². The molecular weight excluding hydrogens is 250 g/mol. The van der Waals surface area contributed by atoms with E-state index < -0.39 is 0 Å². The standard InChI is InChI=1S/C15H23N5/c1-10(2)15(4,5)9-20-14(17-18-19-20)12-8-11(3)6-7-13(12)16/h6-8,10H,9,16H2,1-5H3. The summed E-state index contributed by atoms with van der Waals surface area (Å²) in [5.74, 6) is 1.27. The van der Waals surface area contributed by atoms with Crippen LogP contribution in [0.15, 0.2) is 18.2 Å². The van der Waals surface area contributed by atoms with E-state index >= 15 is 0 Å². The summed E-state index contributed by atoms with van der Waals surface area (Å²) in [5, 5.41) is 12.1. The second kappa shape index (κ2) is 5.23. The minimum Gasteiger partial charge on any atom is -0.398 e. The number of benzene rings is 1. The molecule has 0 fully saturated rings. The molecule has 0 unspecified atom stereocenters. The Kier molecular flexibility index (Phi) is 3.79. The normalized spacial score (nSPS) is 12.1. The van der Waals surface area contributed by atoms with E-state index in [4.69, 9.17) is 5.73 Å². The summed E-state index contributed by atoms with van der Waals surface area (Å²) in [5.41, 5.74) is 8.92. The molecule has 0 saturated carbocycles. The van der Waals surface area contributed by atoms with Crippen molar-refractivity contribution in [1.29, 1.82) is 0 Å². The number of anilines is 1. The summed E-state index contributed by atoms with van der Waals surface area (Å²) >= 11 is 0. The number of rotatable bonds is 4. The van der Waals surface area contributed by atoms with Crippen molar-refractivity contribution >= 4 is 5.69 Å². The first-order valence-corrected chi connectivity index (χ1v) is 6.94. The van der Waals surface area contributed by atoms with Crippen LogP contribution in [-0.4, -0.2) is 20.2 Å². The second-order valence-corrected chi connectivity index (χ2v) is 6.39. The molecule has 0 saturated heterocycles. The molecule has 1 heterocycles. The van der Waals surface area contributed by atoms with E-state index in [9.17, 15) is 0 Å². The van der Waals surface area contributed by atoms with Crippen molar-refractivity contribution in [1.82, 2.24) is 20.2 Å². The van der Waals surface area contributed by atoms with Crippen LogP contribution in [0.25, 0.3) is 11.4 Å². The quantitative estimate of drug-likeness (QED) is 0.870. The van der Waals surface area contributed by atoms with Crippen LogP contribution in [-0.2, 0) is 6.54 Å². The molecule has 5 heteroatoms. The number of nitrogen functional groups attached to an aromatic ring is 1. The maximum atomic E-state index is 6.06. The number of nitrogens with two attached hydrogens (primary N) is 1. The topological polar surface area (TPSA) is 69.6 Å². The molecule has 1 aromatic heterocycles. The fourth-order valence-corrected chi connectivity index (χ4v) is 1.94. The lowest BCUT2D eigenvalue weighted by Crippen LogP contribution is -2.26. The largest absolute Gasteiger partial charge is 0.398 e. The van der Waals surface area contributed by atoms with Gasteiger partial charge in [-0.15, -0.1) is 5.10 Å². The van der Waals surface area contributed by atoms with E-state index in [0.29, 0.717) is 11.6 Å². The Morgan fingerprint density at radius 3 is 2.65 bits per heavy atom. The van der Waals surface area contributed by atoms with Gasteiger partial charge in [0.2, 0.25) is 0 Å². The lowest BCUT2D eigenvalue weighted by Gasteiger charge is -2.29. The van der Waals surface area contributed by atoms with Gasteiger partial charge < -0.3 is 5.73 Å². The molecule has 0 spiro atoms. The Morgan fingerprint density at radius 1 is 1.30 bits per heavy atom. The highest BCUT2D eigenvalue weighted by Gasteiger charge is 2.25. The van der Waals surface area contributed by atoms with Gasteiger partial charge in [-0.1, -0.05) is 39.3 Å². The van der Waals surface area contributed by atoms with Crippen LogP contribution in [0.4, 0.5) is 5.69 Å². The summed E-state index contributed by atoms with van der Waals surface area (Å²) in [6, 6.07) is 5.92. The lowest BCUT2D eigenvalue weighted by atomic mass is 9.81. The zero-order chi connectivity index (χ0) is 14.9. The van der Waals surface area contributed by atoms with E-state index in [-0.39, 0.29) is 5.41 Å². The van der Waals surface area contributed by atoms with Crippen molar-refractivity contribution in [2.45, 2.75) is 41.2 Å². The van der Waals surface area contributed by atoms with Crippen molar-refractivity contribution < 1.29 is 0 Å². The highest BCUT2D eigenvalue weighted by atomic mass is 15.5. The fraction of sp³-hybridized carbons (Fsp3) is 0.533. The van der Waals surface area contributed by atoms with Gasteiger partial charge in [0.25, 0.3) is 0 Å². The van der Waals surface area contributed by atoms with Gasteiger partial charge in [0.15, 0.2) is 5.82 Å². The molecule has 0 atom stereocenters. The molecule has 0 bridgehead atoms. The van der Waals surface area contributed by atoms with E-state index in [1.807, 2.05) is 29.8 Å². The van der Waals surface area contributed by atoms with Crippen LogP contribution < -0.4 is 5.73 Å². The molecule has 1 aromatic carbocycles. The predicted octanol–water partition coefficient (Wildman–Crippen LogP) is 2.91. The smallest absolute Gasteiger partial charge is 0.184 e. The lowest BCUT2D eigenvalue weighted by molar-refractivity contribution is 0.200. The van der Waals surface area contributed by atoms with Crippen LogP contribution in [0.3, 0.4) is 0 Å². The number of hydrogen-bond donors (Lipinski definition) is 1. The molecule has 2 N–H and O–H groups in total. The molecule has 2 rings (SSSR count). The van der Waals surface area contributed by atoms with Crippen LogP contribution in [0, 0.1) is 18.3 Å². The van der Waals surface area contributed by atoms with Gasteiger partial charge in [0, 0.05) is 11.3 Å². The van der Waals surface area contributed by atoms with E-state index in [1.165, 1.54) is 0 Å². The zero-order valence-corrected chi connectivity index (χ0v) is 12.9. The number of aromatic nitrogens is 4. The monoisotopic (exact) mass is 273 g/mol. The maximum absolute atomic E-state index is 6.06. The number of nitrogens with zero attached hydrogens (tertiary/aromatic N) is 4. The molecule has 108 valence electrons. The van der Waals surface area contributed by atoms with Gasteiger partial charge in [-0.05, 0) is 40.8 Å². The Hall–Kier alpha value is -1.91.